The Bertz CT molecular complexity index is 1330. The SMILES string of the molecule is CCN(CC)c1ccc([C@@H]2N=c3ccccc3=C3C(=O)NC(SCc4ccccc4)=NN32)cc1. The maximum atomic E-state index is 13.3. The highest BCUT2D eigenvalue weighted by atomic mass is 32.2. The third-order valence-corrected chi connectivity index (χ3v) is 6.99. The molecule has 0 fully saturated rings. The Morgan fingerprint density at radius 2 is 1.65 bits per heavy atom. The van der Waals surface area contributed by atoms with Crippen molar-refractivity contribution >= 4 is 34.2 Å². The molecule has 2 aliphatic heterocycles. The van der Waals surface area contributed by atoms with Gasteiger partial charge in [0.1, 0.15) is 5.70 Å². The minimum Gasteiger partial charge on any atom is -0.372 e. The average molecular weight is 470 g/mol. The van der Waals surface area contributed by atoms with Gasteiger partial charge in [-0.05, 0) is 43.2 Å². The van der Waals surface area contributed by atoms with Gasteiger partial charge in [0.25, 0.3) is 5.91 Å². The standard InChI is InChI=1S/C27H27N5OS/c1-3-31(4-2)21-16-14-20(15-17-21)25-28-23-13-9-8-12-22(23)24-26(33)29-27(30-32(24)25)34-18-19-10-6-5-7-11-19/h5-17,25H,3-4,18H2,1-2H3,(H,29,30,33)/t25-/m1/s1. The van der Waals surface area contributed by atoms with Crippen molar-refractivity contribution in [2.75, 3.05) is 18.0 Å². The molecule has 0 unspecified atom stereocenters. The molecule has 0 spiro atoms. The van der Waals surface area contributed by atoms with Gasteiger partial charge in [0.15, 0.2) is 11.3 Å². The fraction of sp³-hybridized carbons (Fsp3) is 0.222. The van der Waals surface area contributed by atoms with Gasteiger partial charge in [-0.1, -0.05) is 72.4 Å². The van der Waals surface area contributed by atoms with Crippen LogP contribution in [-0.4, -0.2) is 29.2 Å². The van der Waals surface area contributed by atoms with E-state index in [1.807, 2.05) is 42.5 Å². The molecule has 0 radical (unpaired) electrons. The van der Waals surface area contributed by atoms with Crippen LogP contribution in [0.15, 0.2) is 89.0 Å². The largest absolute Gasteiger partial charge is 0.372 e. The van der Waals surface area contributed by atoms with Crippen LogP contribution >= 0.6 is 11.8 Å². The molecule has 0 bridgehead atoms. The zero-order chi connectivity index (χ0) is 23.5. The number of thioether (sulfide) groups is 1. The Morgan fingerprint density at radius 1 is 0.941 bits per heavy atom. The normalized spacial score (nSPS) is 16.7. The van der Waals surface area contributed by atoms with Crippen molar-refractivity contribution in [2.24, 2.45) is 10.1 Å². The Balaban J connectivity index is 1.53. The van der Waals surface area contributed by atoms with Gasteiger partial charge in [-0.2, -0.15) is 0 Å². The second kappa shape index (κ2) is 9.73. The zero-order valence-corrected chi connectivity index (χ0v) is 20.1. The molecule has 3 aromatic carbocycles. The van der Waals surface area contributed by atoms with Crippen molar-refractivity contribution in [3.05, 3.63) is 101 Å². The molecule has 34 heavy (non-hydrogen) atoms. The van der Waals surface area contributed by atoms with Gasteiger partial charge in [-0.3, -0.25) is 15.1 Å². The summed E-state index contributed by atoms with van der Waals surface area (Å²) in [5.74, 6) is 0.567. The number of carbonyl (C=O) groups excluding carboxylic acids is 1. The molecule has 0 saturated carbocycles. The lowest BCUT2D eigenvalue weighted by molar-refractivity contribution is -0.116. The van der Waals surface area contributed by atoms with Crippen LogP contribution in [-0.2, 0) is 10.5 Å². The van der Waals surface area contributed by atoms with E-state index in [-0.39, 0.29) is 5.91 Å². The lowest BCUT2D eigenvalue weighted by Gasteiger charge is -2.34. The summed E-state index contributed by atoms with van der Waals surface area (Å²) < 4.78 is 0. The van der Waals surface area contributed by atoms with E-state index in [2.05, 4.69) is 60.5 Å². The number of fused-ring (bicyclic) bond motifs is 2. The summed E-state index contributed by atoms with van der Waals surface area (Å²) >= 11 is 1.52. The third-order valence-electron chi connectivity index (χ3n) is 6.05. The number of rotatable bonds is 6. The van der Waals surface area contributed by atoms with Crippen molar-refractivity contribution in [3.8, 4) is 0 Å². The quantitative estimate of drug-likeness (QED) is 0.599. The van der Waals surface area contributed by atoms with Gasteiger partial charge in [-0.15, -0.1) is 5.10 Å². The molecule has 1 N–H and O–H groups in total. The number of amidine groups is 1. The first kappa shape index (κ1) is 22.2. The fourth-order valence-corrected chi connectivity index (χ4v) is 5.09. The first-order valence-corrected chi connectivity index (χ1v) is 12.5. The topological polar surface area (TPSA) is 60.3 Å². The summed E-state index contributed by atoms with van der Waals surface area (Å²) in [7, 11) is 0. The summed E-state index contributed by atoms with van der Waals surface area (Å²) in [4.78, 5) is 20.6. The molecule has 1 amide bonds. The van der Waals surface area contributed by atoms with Gasteiger partial charge in [0.05, 0.1) is 5.36 Å². The molecular formula is C27H27N5OS. The Labute approximate surface area is 203 Å². The number of nitrogens with one attached hydrogen (secondary N) is 1. The van der Waals surface area contributed by atoms with E-state index >= 15 is 0 Å². The van der Waals surface area contributed by atoms with E-state index in [4.69, 9.17) is 10.1 Å². The molecule has 3 aromatic rings. The number of hydrogen-bond donors (Lipinski definition) is 1. The second-order valence-corrected chi connectivity index (χ2v) is 9.07. The maximum absolute atomic E-state index is 13.3. The first-order valence-electron chi connectivity index (χ1n) is 11.6. The highest BCUT2D eigenvalue weighted by molar-refractivity contribution is 8.13. The van der Waals surface area contributed by atoms with Crippen LogP contribution in [0.2, 0.25) is 0 Å². The van der Waals surface area contributed by atoms with E-state index in [1.165, 1.54) is 23.0 Å². The van der Waals surface area contributed by atoms with Crippen LogP contribution in [0.25, 0.3) is 5.70 Å². The molecule has 0 aliphatic carbocycles. The second-order valence-electron chi connectivity index (χ2n) is 8.11. The molecule has 2 heterocycles. The summed E-state index contributed by atoms with van der Waals surface area (Å²) in [6, 6.07) is 26.4. The van der Waals surface area contributed by atoms with Crippen LogP contribution in [0, 0.1) is 0 Å². The molecule has 172 valence electrons. The minimum atomic E-state index is -0.408. The number of anilines is 1. The lowest BCUT2D eigenvalue weighted by atomic mass is 10.1. The molecule has 7 heteroatoms. The number of hydrogen-bond acceptors (Lipinski definition) is 6. The van der Waals surface area contributed by atoms with Crippen molar-refractivity contribution in [1.29, 1.82) is 0 Å². The lowest BCUT2D eigenvalue weighted by Crippen LogP contribution is -2.50. The van der Waals surface area contributed by atoms with Gasteiger partial charge in [-0.25, -0.2) is 5.01 Å². The van der Waals surface area contributed by atoms with Crippen LogP contribution in [0.3, 0.4) is 0 Å². The maximum Gasteiger partial charge on any atom is 0.276 e. The predicted molar refractivity (Wildman–Crippen MR) is 139 cm³/mol. The summed E-state index contributed by atoms with van der Waals surface area (Å²) in [6.07, 6.45) is -0.408. The van der Waals surface area contributed by atoms with E-state index in [0.29, 0.717) is 10.9 Å². The molecule has 2 aliphatic rings. The van der Waals surface area contributed by atoms with Crippen molar-refractivity contribution in [2.45, 2.75) is 25.8 Å². The fourth-order valence-electron chi connectivity index (χ4n) is 4.28. The molecular weight excluding hydrogens is 442 g/mol. The minimum absolute atomic E-state index is 0.155. The number of nitrogens with zero attached hydrogens (tertiary/aromatic N) is 4. The molecule has 0 saturated heterocycles. The molecule has 6 nitrogen and oxygen atoms in total. The summed E-state index contributed by atoms with van der Waals surface area (Å²) in [5, 5.41) is 11.8. The smallest absolute Gasteiger partial charge is 0.276 e. The van der Waals surface area contributed by atoms with Gasteiger partial charge < -0.3 is 4.90 Å². The first-order chi connectivity index (χ1) is 16.7. The molecule has 5 rings (SSSR count). The van der Waals surface area contributed by atoms with Crippen LogP contribution in [0.4, 0.5) is 5.69 Å². The number of benzene rings is 3. The summed E-state index contributed by atoms with van der Waals surface area (Å²) in [6.45, 7) is 6.21. The van der Waals surface area contributed by atoms with E-state index < -0.39 is 6.17 Å². The van der Waals surface area contributed by atoms with E-state index in [0.717, 1.165) is 35.0 Å². The Hall–Kier alpha value is -3.58. The van der Waals surface area contributed by atoms with Crippen molar-refractivity contribution < 1.29 is 4.79 Å². The highest BCUT2D eigenvalue weighted by Crippen LogP contribution is 2.32. The molecule has 0 aromatic heterocycles. The Kier molecular flexibility index (Phi) is 6.36. The summed E-state index contributed by atoms with van der Waals surface area (Å²) in [5.41, 5.74) is 3.88. The zero-order valence-electron chi connectivity index (χ0n) is 19.3. The van der Waals surface area contributed by atoms with Crippen molar-refractivity contribution in [1.82, 2.24) is 10.3 Å². The van der Waals surface area contributed by atoms with Crippen LogP contribution in [0.1, 0.15) is 31.1 Å². The third kappa shape index (κ3) is 4.31. The number of para-hydroxylation sites is 1. The number of amides is 1. The van der Waals surface area contributed by atoms with Crippen LogP contribution < -0.4 is 20.8 Å². The van der Waals surface area contributed by atoms with Crippen molar-refractivity contribution in [3.63, 3.8) is 0 Å². The van der Waals surface area contributed by atoms with Crippen LogP contribution in [0.5, 0.6) is 0 Å². The Morgan fingerprint density at radius 3 is 2.38 bits per heavy atom. The number of carbonyl (C=O) groups is 1. The average Bonchev–Trinajstić information content (AvgIpc) is 2.88. The monoisotopic (exact) mass is 469 g/mol. The number of hydrazone groups is 1. The van der Waals surface area contributed by atoms with Gasteiger partial charge >= 0.3 is 0 Å². The van der Waals surface area contributed by atoms with Gasteiger partial charge in [0, 0.05) is 29.7 Å². The highest BCUT2D eigenvalue weighted by Gasteiger charge is 2.34. The van der Waals surface area contributed by atoms with E-state index in [9.17, 15) is 4.79 Å². The van der Waals surface area contributed by atoms with Gasteiger partial charge in [0.2, 0.25) is 0 Å². The molecule has 1 atom stereocenters. The van der Waals surface area contributed by atoms with E-state index in [1.54, 1.807) is 5.01 Å². The predicted octanol–water partition coefficient (Wildman–Crippen LogP) is 3.61.